The molecule has 3 heteroatoms. The van der Waals surface area contributed by atoms with Gasteiger partial charge < -0.3 is 5.32 Å². The van der Waals surface area contributed by atoms with Gasteiger partial charge in [-0.05, 0) is 30.5 Å². The summed E-state index contributed by atoms with van der Waals surface area (Å²) in [5.74, 6) is 0.789. The molecular formula is C12H13ClN2. The maximum absolute atomic E-state index is 8.70. The second-order valence-electron chi connectivity index (χ2n) is 3.96. The van der Waals surface area contributed by atoms with Crippen LogP contribution in [-0.2, 0) is 0 Å². The zero-order valence-corrected chi connectivity index (χ0v) is 9.38. The molecule has 0 heterocycles. The Morgan fingerprint density at radius 3 is 2.93 bits per heavy atom. The van der Waals surface area contributed by atoms with E-state index in [4.69, 9.17) is 16.9 Å². The average molecular weight is 221 g/mol. The Morgan fingerprint density at radius 2 is 2.40 bits per heavy atom. The Kier molecular flexibility index (Phi) is 2.83. The van der Waals surface area contributed by atoms with Crippen molar-refractivity contribution in [1.29, 1.82) is 5.26 Å². The summed E-state index contributed by atoms with van der Waals surface area (Å²) in [5.41, 5.74) is 1.55. The van der Waals surface area contributed by atoms with Crippen LogP contribution >= 0.6 is 11.6 Å². The summed E-state index contributed by atoms with van der Waals surface area (Å²) in [5, 5.41) is 12.7. The van der Waals surface area contributed by atoms with E-state index in [2.05, 4.69) is 18.3 Å². The topological polar surface area (TPSA) is 35.8 Å². The number of nitrogens with zero attached hydrogens (tertiary/aromatic N) is 1. The van der Waals surface area contributed by atoms with Crippen molar-refractivity contribution in [3.05, 3.63) is 28.8 Å². The van der Waals surface area contributed by atoms with Gasteiger partial charge in [-0.3, -0.25) is 0 Å². The number of hydrogen-bond acceptors (Lipinski definition) is 2. The first-order valence-corrected chi connectivity index (χ1v) is 5.58. The summed E-state index contributed by atoms with van der Waals surface area (Å²) in [6.45, 7) is 2.20. The fourth-order valence-corrected chi connectivity index (χ4v) is 2.01. The van der Waals surface area contributed by atoms with E-state index in [1.165, 1.54) is 12.8 Å². The van der Waals surface area contributed by atoms with Crippen molar-refractivity contribution in [2.75, 3.05) is 5.32 Å². The number of nitrogens with one attached hydrogen (secondary N) is 1. The van der Waals surface area contributed by atoms with Crippen LogP contribution in [0.5, 0.6) is 0 Å². The third kappa shape index (κ3) is 2.24. The predicted octanol–water partition coefficient (Wildman–Crippen LogP) is 3.42. The molecule has 0 aliphatic heterocycles. The minimum absolute atomic E-state index is 0.570. The van der Waals surface area contributed by atoms with Crippen LogP contribution in [0.1, 0.15) is 25.3 Å². The highest BCUT2D eigenvalue weighted by atomic mass is 35.5. The Labute approximate surface area is 94.9 Å². The van der Waals surface area contributed by atoms with Crippen molar-refractivity contribution < 1.29 is 0 Å². The fourth-order valence-electron chi connectivity index (χ4n) is 1.78. The minimum atomic E-state index is 0.570. The highest BCUT2D eigenvalue weighted by Crippen LogP contribution is 2.37. The molecule has 1 saturated carbocycles. The van der Waals surface area contributed by atoms with Gasteiger partial charge >= 0.3 is 0 Å². The number of halogens is 1. The van der Waals surface area contributed by atoms with Crippen LogP contribution in [0.25, 0.3) is 0 Å². The van der Waals surface area contributed by atoms with Crippen molar-refractivity contribution >= 4 is 17.3 Å². The highest BCUT2D eigenvalue weighted by molar-refractivity contribution is 6.33. The molecule has 0 bridgehead atoms. The van der Waals surface area contributed by atoms with E-state index in [-0.39, 0.29) is 0 Å². The van der Waals surface area contributed by atoms with Gasteiger partial charge in [0.15, 0.2) is 0 Å². The molecule has 0 amide bonds. The van der Waals surface area contributed by atoms with Crippen LogP contribution in [0.3, 0.4) is 0 Å². The summed E-state index contributed by atoms with van der Waals surface area (Å²) >= 11 is 6.06. The van der Waals surface area contributed by atoms with Gasteiger partial charge in [0, 0.05) is 6.04 Å². The summed E-state index contributed by atoms with van der Waals surface area (Å²) in [4.78, 5) is 0. The third-order valence-electron chi connectivity index (χ3n) is 2.89. The Bertz CT molecular complexity index is 409. The van der Waals surface area contributed by atoms with Crippen molar-refractivity contribution in [3.63, 3.8) is 0 Å². The fraction of sp³-hybridized carbons (Fsp3) is 0.417. The van der Waals surface area contributed by atoms with Crippen molar-refractivity contribution in [3.8, 4) is 6.07 Å². The first kappa shape index (κ1) is 10.3. The highest BCUT2D eigenvalue weighted by Gasteiger charge is 2.35. The van der Waals surface area contributed by atoms with E-state index in [0.717, 1.165) is 11.6 Å². The van der Waals surface area contributed by atoms with Crippen LogP contribution < -0.4 is 5.32 Å². The van der Waals surface area contributed by atoms with Gasteiger partial charge in [-0.25, -0.2) is 0 Å². The monoisotopic (exact) mass is 220 g/mol. The normalized spacial score (nSPS) is 23.3. The third-order valence-corrected chi connectivity index (χ3v) is 3.20. The van der Waals surface area contributed by atoms with Crippen molar-refractivity contribution in [2.45, 2.75) is 25.8 Å². The Morgan fingerprint density at radius 1 is 1.60 bits per heavy atom. The van der Waals surface area contributed by atoms with E-state index in [0.29, 0.717) is 16.6 Å². The van der Waals surface area contributed by atoms with E-state index in [9.17, 15) is 0 Å². The van der Waals surface area contributed by atoms with Gasteiger partial charge in [0.05, 0.1) is 22.3 Å². The molecule has 0 spiro atoms. The number of hydrogen-bond donors (Lipinski definition) is 1. The molecule has 0 aromatic heterocycles. The first-order valence-electron chi connectivity index (χ1n) is 5.20. The van der Waals surface area contributed by atoms with Crippen molar-refractivity contribution in [2.24, 2.45) is 5.92 Å². The predicted molar refractivity (Wildman–Crippen MR) is 62.0 cm³/mol. The van der Waals surface area contributed by atoms with Crippen molar-refractivity contribution in [1.82, 2.24) is 0 Å². The van der Waals surface area contributed by atoms with E-state index < -0.39 is 0 Å². The van der Waals surface area contributed by atoms with Crippen LogP contribution in [0.15, 0.2) is 18.2 Å². The van der Waals surface area contributed by atoms with Gasteiger partial charge in [-0.2, -0.15) is 5.26 Å². The van der Waals surface area contributed by atoms with Gasteiger partial charge in [-0.15, -0.1) is 0 Å². The number of nitriles is 1. The van der Waals surface area contributed by atoms with E-state index >= 15 is 0 Å². The molecule has 1 aliphatic carbocycles. The molecule has 2 rings (SSSR count). The lowest BCUT2D eigenvalue weighted by Crippen LogP contribution is -2.04. The zero-order valence-electron chi connectivity index (χ0n) is 8.63. The molecule has 15 heavy (non-hydrogen) atoms. The van der Waals surface area contributed by atoms with Gasteiger partial charge in [0.2, 0.25) is 0 Å². The van der Waals surface area contributed by atoms with Crippen LogP contribution in [0.4, 0.5) is 5.69 Å². The minimum Gasteiger partial charge on any atom is -0.381 e. The maximum atomic E-state index is 8.70. The van der Waals surface area contributed by atoms with E-state index in [1.807, 2.05) is 6.07 Å². The molecule has 1 aromatic rings. The lowest BCUT2D eigenvalue weighted by atomic mass is 10.2. The Hall–Kier alpha value is -1.20. The molecule has 1 aromatic carbocycles. The summed E-state index contributed by atoms with van der Waals surface area (Å²) in [6.07, 6.45) is 2.44. The van der Waals surface area contributed by atoms with Gasteiger partial charge in [0.25, 0.3) is 0 Å². The molecule has 1 fully saturated rings. The molecule has 0 radical (unpaired) electrons. The summed E-state index contributed by atoms with van der Waals surface area (Å²) in [7, 11) is 0. The zero-order chi connectivity index (χ0) is 10.8. The molecular weight excluding hydrogens is 208 g/mol. The largest absolute Gasteiger partial charge is 0.381 e. The van der Waals surface area contributed by atoms with Gasteiger partial charge in [-0.1, -0.05) is 24.9 Å². The SMILES string of the molecule is CCC1CC1Nc1ccc(C#N)cc1Cl. The lowest BCUT2D eigenvalue weighted by Gasteiger charge is -2.07. The van der Waals surface area contributed by atoms with Crippen LogP contribution in [-0.4, -0.2) is 6.04 Å². The van der Waals surface area contributed by atoms with E-state index in [1.54, 1.807) is 12.1 Å². The van der Waals surface area contributed by atoms with Crippen LogP contribution in [0.2, 0.25) is 5.02 Å². The molecule has 0 saturated heterocycles. The summed E-state index contributed by atoms with van der Waals surface area (Å²) in [6, 6.07) is 8.01. The molecule has 2 unspecified atom stereocenters. The lowest BCUT2D eigenvalue weighted by molar-refractivity contribution is 0.775. The maximum Gasteiger partial charge on any atom is 0.0992 e. The quantitative estimate of drug-likeness (QED) is 0.847. The van der Waals surface area contributed by atoms with Gasteiger partial charge in [0.1, 0.15) is 0 Å². The summed E-state index contributed by atoms with van der Waals surface area (Å²) < 4.78 is 0. The average Bonchev–Trinajstić information content (AvgIpc) is 2.99. The molecule has 78 valence electrons. The second kappa shape index (κ2) is 4.12. The second-order valence-corrected chi connectivity index (χ2v) is 4.37. The number of anilines is 1. The smallest absolute Gasteiger partial charge is 0.0992 e. The number of rotatable bonds is 3. The molecule has 1 aliphatic rings. The molecule has 2 atom stereocenters. The molecule has 1 N–H and O–H groups in total. The Balaban J connectivity index is 2.07. The molecule has 2 nitrogen and oxygen atoms in total. The standard InChI is InChI=1S/C12H13ClN2/c1-2-9-6-12(9)15-11-4-3-8(7-14)5-10(11)13/h3-5,9,12,15H,2,6H2,1H3. The van der Waals surface area contributed by atoms with Crippen LogP contribution in [0, 0.1) is 17.2 Å². The number of benzene rings is 1. The first-order chi connectivity index (χ1) is 7.24.